The van der Waals surface area contributed by atoms with E-state index in [0.717, 1.165) is 51.1 Å². The predicted octanol–water partition coefficient (Wildman–Crippen LogP) is 3.07. The van der Waals surface area contributed by atoms with Gasteiger partial charge in [0, 0.05) is 31.9 Å². The Balaban J connectivity index is 1.38. The van der Waals surface area contributed by atoms with Crippen LogP contribution in [0.5, 0.6) is 5.75 Å². The Morgan fingerprint density at radius 2 is 1.79 bits per heavy atom. The van der Waals surface area contributed by atoms with Gasteiger partial charge < -0.3 is 26.2 Å². The zero-order valence-corrected chi connectivity index (χ0v) is 17.4. The molecule has 6 nitrogen and oxygen atoms in total. The molecule has 0 aromatic heterocycles. The van der Waals surface area contributed by atoms with Gasteiger partial charge in [-0.15, -0.1) is 0 Å². The smallest absolute Gasteiger partial charge is 0.168 e. The number of thiocarbonyl (C=S) groups is 1. The van der Waals surface area contributed by atoms with E-state index in [-0.39, 0.29) is 10.9 Å². The molecule has 1 fully saturated rings. The van der Waals surface area contributed by atoms with Crippen molar-refractivity contribution in [3.63, 3.8) is 0 Å². The Kier molecular flexibility index (Phi) is 7.69. The summed E-state index contributed by atoms with van der Waals surface area (Å²) in [5.41, 5.74) is 7.94. The monoisotopic (exact) mass is 414 g/mol. The predicted molar refractivity (Wildman–Crippen MR) is 122 cm³/mol. The number of aliphatic hydroxyl groups excluding tert-OH is 1. The Hall–Kier alpha value is -2.35. The molecule has 0 amide bonds. The number of benzene rings is 2. The lowest BCUT2D eigenvalue weighted by Gasteiger charge is -2.36. The number of nitrogens with two attached hydrogens (primary N) is 1. The fourth-order valence-electron chi connectivity index (χ4n) is 3.70. The van der Waals surface area contributed by atoms with Gasteiger partial charge in [0.25, 0.3) is 0 Å². The maximum absolute atomic E-state index is 10.5. The molecule has 0 saturated carbocycles. The van der Waals surface area contributed by atoms with Crippen LogP contribution in [0.2, 0.25) is 0 Å². The summed E-state index contributed by atoms with van der Waals surface area (Å²) in [6, 6.07) is 15.5. The minimum atomic E-state index is -0.572. The van der Waals surface area contributed by atoms with Crippen molar-refractivity contribution in [3.8, 4) is 5.75 Å². The first-order chi connectivity index (χ1) is 14.0. The zero-order valence-electron chi connectivity index (χ0n) is 16.6. The van der Waals surface area contributed by atoms with E-state index < -0.39 is 6.10 Å². The molecule has 0 radical (unpaired) electrons. The maximum Gasteiger partial charge on any atom is 0.168 e. The second-order valence-electron chi connectivity index (χ2n) is 7.44. The van der Waals surface area contributed by atoms with Crippen LogP contribution >= 0.6 is 12.2 Å². The lowest BCUT2D eigenvalue weighted by molar-refractivity contribution is 0.160. The lowest BCUT2D eigenvalue weighted by Crippen LogP contribution is -2.46. The van der Waals surface area contributed by atoms with Crippen molar-refractivity contribution in [1.82, 2.24) is 4.90 Å². The molecule has 29 heavy (non-hydrogen) atoms. The molecule has 5 N–H and O–H groups in total. The second-order valence-corrected chi connectivity index (χ2v) is 7.88. The van der Waals surface area contributed by atoms with Crippen LogP contribution in [0.1, 0.15) is 30.9 Å². The molecule has 1 aliphatic heterocycles. The van der Waals surface area contributed by atoms with Gasteiger partial charge in [0.1, 0.15) is 5.75 Å². The van der Waals surface area contributed by atoms with Gasteiger partial charge in [-0.05, 0) is 67.9 Å². The van der Waals surface area contributed by atoms with Crippen LogP contribution in [-0.4, -0.2) is 52.9 Å². The number of nitrogens with zero attached hydrogens (tertiary/aromatic N) is 2. The Labute approximate surface area is 177 Å². The molecule has 7 heteroatoms. The van der Waals surface area contributed by atoms with Crippen LogP contribution in [0.25, 0.3) is 0 Å². The van der Waals surface area contributed by atoms with Gasteiger partial charge in [-0.1, -0.05) is 24.3 Å². The third-order valence-corrected chi connectivity index (χ3v) is 5.46. The molecule has 3 rings (SSSR count). The van der Waals surface area contributed by atoms with Gasteiger partial charge in [0.15, 0.2) is 5.11 Å². The third kappa shape index (κ3) is 6.32. The van der Waals surface area contributed by atoms with Crippen molar-refractivity contribution in [3.05, 3.63) is 54.1 Å². The molecule has 2 aromatic rings. The average molecular weight is 415 g/mol. The van der Waals surface area contributed by atoms with Gasteiger partial charge in [-0.3, -0.25) is 4.90 Å². The largest absolute Gasteiger partial charge is 0.506 e. The molecule has 156 valence electrons. The normalized spacial score (nSPS) is 15.8. The summed E-state index contributed by atoms with van der Waals surface area (Å²) < 4.78 is 0. The Morgan fingerprint density at radius 1 is 1.07 bits per heavy atom. The first-order valence-corrected chi connectivity index (χ1v) is 10.5. The van der Waals surface area contributed by atoms with Crippen LogP contribution in [0.15, 0.2) is 48.5 Å². The number of phenols is 1. The first kappa shape index (κ1) is 21.4. The van der Waals surface area contributed by atoms with Crippen molar-refractivity contribution in [2.24, 2.45) is 5.73 Å². The molecule has 1 heterocycles. The Bertz CT molecular complexity index is 795. The summed E-state index contributed by atoms with van der Waals surface area (Å²) in [6.45, 7) is 5.31. The van der Waals surface area contributed by atoms with E-state index >= 15 is 0 Å². The number of aromatic hydroxyl groups is 1. The molecule has 2 aromatic carbocycles. The fraction of sp³-hybridized carbons (Fsp3) is 0.409. The van der Waals surface area contributed by atoms with E-state index in [0.29, 0.717) is 12.1 Å². The highest BCUT2D eigenvalue weighted by Gasteiger charge is 2.17. The summed E-state index contributed by atoms with van der Waals surface area (Å²) in [5.74, 6) is 0.0587. The van der Waals surface area contributed by atoms with E-state index in [1.54, 1.807) is 18.2 Å². The first-order valence-electron chi connectivity index (χ1n) is 10.1. The average Bonchev–Trinajstić information content (AvgIpc) is 2.73. The minimum Gasteiger partial charge on any atom is -0.506 e. The SMILES string of the molecule is NC(=S)Nc1cc(C(O)CCCCN2CCN(c3ccccc3)CC2)ccc1O. The number of unbranched alkanes of at least 4 members (excludes halogenated alkanes) is 1. The van der Waals surface area contributed by atoms with Gasteiger partial charge >= 0.3 is 0 Å². The molecule has 1 saturated heterocycles. The molecule has 0 bridgehead atoms. The van der Waals surface area contributed by atoms with E-state index in [1.807, 2.05) is 0 Å². The topological polar surface area (TPSA) is 85.0 Å². The number of aliphatic hydroxyl groups is 1. The number of hydrogen-bond donors (Lipinski definition) is 4. The molecular weight excluding hydrogens is 384 g/mol. The van der Waals surface area contributed by atoms with Crippen molar-refractivity contribution < 1.29 is 10.2 Å². The van der Waals surface area contributed by atoms with Crippen molar-refractivity contribution in [2.75, 3.05) is 42.9 Å². The number of nitrogens with one attached hydrogen (secondary N) is 1. The summed E-state index contributed by atoms with van der Waals surface area (Å²) in [7, 11) is 0. The van der Waals surface area contributed by atoms with Gasteiger partial charge in [0.2, 0.25) is 0 Å². The summed E-state index contributed by atoms with van der Waals surface area (Å²) in [5, 5.41) is 23.1. The minimum absolute atomic E-state index is 0.0587. The van der Waals surface area contributed by atoms with E-state index in [1.165, 1.54) is 5.69 Å². The molecular formula is C22H30N4O2S. The highest BCUT2D eigenvalue weighted by molar-refractivity contribution is 7.80. The number of anilines is 2. The van der Waals surface area contributed by atoms with Crippen LogP contribution in [0.3, 0.4) is 0 Å². The van der Waals surface area contributed by atoms with E-state index in [9.17, 15) is 10.2 Å². The summed E-state index contributed by atoms with van der Waals surface area (Å²) in [4.78, 5) is 4.93. The molecule has 0 aliphatic carbocycles. The van der Waals surface area contributed by atoms with E-state index in [2.05, 4.69) is 45.4 Å². The van der Waals surface area contributed by atoms with Gasteiger partial charge in [0.05, 0.1) is 11.8 Å². The number of para-hydroxylation sites is 1. The Morgan fingerprint density at radius 3 is 2.48 bits per heavy atom. The van der Waals surface area contributed by atoms with Crippen LogP contribution in [0, 0.1) is 0 Å². The highest BCUT2D eigenvalue weighted by Crippen LogP contribution is 2.29. The number of hydrogen-bond acceptors (Lipinski definition) is 5. The lowest BCUT2D eigenvalue weighted by atomic mass is 10.0. The second kappa shape index (κ2) is 10.4. The standard InChI is InChI=1S/C22H30N4O2S/c23-22(29)24-19-16-17(9-10-21(19)28)20(27)8-4-5-11-25-12-14-26(15-13-25)18-6-2-1-3-7-18/h1-3,6-7,9-10,16,20,27-28H,4-5,8,11-15H2,(H3,23,24,29). The summed E-state index contributed by atoms with van der Waals surface area (Å²) in [6.07, 6.45) is 2.11. The van der Waals surface area contributed by atoms with Gasteiger partial charge in [-0.2, -0.15) is 0 Å². The fourth-order valence-corrected chi connectivity index (χ4v) is 3.81. The van der Waals surface area contributed by atoms with Crippen LogP contribution in [0.4, 0.5) is 11.4 Å². The number of phenolic OH excluding ortho intramolecular Hbond substituents is 1. The van der Waals surface area contributed by atoms with Crippen molar-refractivity contribution >= 4 is 28.7 Å². The maximum atomic E-state index is 10.5. The molecule has 1 unspecified atom stereocenters. The number of rotatable bonds is 8. The zero-order chi connectivity index (χ0) is 20.6. The van der Waals surface area contributed by atoms with Crippen molar-refractivity contribution in [1.29, 1.82) is 0 Å². The van der Waals surface area contributed by atoms with Crippen molar-refractivity contribution in [2.45, 2.75) is 25.4 Å². The summed E-state index contributed by atoms with van der Waals surface area (Å²) >= 11 is 4.81. The van der Waals surface area contributed by atoms with Gasteiger partial charge in [-0.25, -0.2) is 0 Å². The molecule has 1 aliphatic rings. The van der Waals surface area contributed by atoms with Crippen LogP contribution < -0.4 is 16.0 Å². The third-order valence-electron chi connectivity index (χ3n) is 5.36. The quantitative estimate of drug-likeness (QED) is 0.300. The highest BCUT2D eigenvalue weighted by atomic mass is 32.1. The number of piperazine rings is 1. The molecule has 0 spiro atoms. The van der Waals surface area contributed by atoms with E-state index in [4.69, 9.17) is 18.0 Å². The van der Waals surface area contributed by atoms with Crippen LogP contribution in [-0.2, 0) is 0 Å². The molecule has 1 atom stereocenters.